The van der Waals surface area contributed by atoms with Gasteiger partial charge in [0, 0.05) is 17.7 Å². The Bertz CT molecular complexity index is 240. The summed E-state index contributed by atoms with van der Waals surface area (Å²) in [6, 6.07) is -0.107. The van der Waals surface area contributed by atoms with Crippen LogP contribution in [0.2, 0.25) is 0 Å². The van der Waals surface area contributed by atoms with Crippen molar-refractivity contribution < 1.29 is 4.79 Å². The maximum absolute atomic E-state index is 11.5. The first-order valence-electron chi connectivity index (χ1n) is 4.52. The molecule has 0 spiro atoms. The van der Waals surface area contributed by atoms with Crippen molar-refractivity contribution >= 4 is 11.7 Å². The standard InChI is InChI=1S/C9H17N3O/c1-7-5-6-12(11-7)8(13)10-9(2,3)4/h5-6H2,1-4H3,(H,10,13). The van der Waals surface area contributed by atoms with Gasteiger partial charge < -0.3 is 5.32 Å². The number of nitrogens with zero attached hydrogens (tertiary/aromatic N) is 2. The minimum atomic E-state index is -0.191. The van der Waals surface area contributed by atoms with Crippen molar-refractivity contribution in [3.63, 3.8) is 0 Å². The fourth-order valence-corrected chi connectivity index (χ4v) is 1.11. The van der Waals surface area contributed by atoms with E-state index >= 15 is 0 Å². The van der Waals surface area contributed by atoms with Gasteiger partial charge in [-0.2, -0.15) is 5.10 Å². The molecule has 0 fully saturated rings. The Balaban J connectivity index is 2.50. The fraction of sp³-hybridized carbons (Fsp3) is 0.778. The zero-order valence-corrected chi connectivity index (χ0v) is 8.72. The predicted molar refractivity (Wildman–Crippen MR) is 52.7 cm³/mol. The van der Waals surface area contributed by atoms with Crippen molar-refractivity contribution in [1.82, 2.24) is 10.3 Å². The van der Waals surface area contributed by atoms with E-state index in [2.05, 4.69) is 10.4 Å². The summed E-state index contributed by atoms with van der Waals surface area (Å²) in [5.41, 5.74) is 0.826. The van der Waals surface area contributed by atoms with Gasteiger partial charge in [0.1, 0.15) is 0 Å². The molecule has 0 saturated carbocycles. The average molecular weight is 183 g/mol. The molecule has 13 heavy (non-hydrogen) atoms. The van der Waals surface area contributed by atoms with Crippen LogP contribution in [-0.2, 0) is 0 Å². The van der Waals surface area contributed by atoms with Gasteiger partial charge in [-0.05, 0) is 27.7 Å². The average Bonchev–Trinajstić information content (AvgIpc) is 2.31. The van der Waals surface area contributed by atoms with Crippen LogP contribution in [0.15, 0.2) is 5.10 Å². The van der Waals surface area contributed by atoms with Crippen LogP contribution in [0, 0.1) is 0 Å². The van der Waals surface area contributed by atoms with Crippen LogP contribution in [0.5, 0.6) is 0 Å². The third-order valence-corrected chi connectivity index (χ3v) is 1.69. The van der Waals surface area contributed by atoms with Crippen LogP contribution >= 0.6 is 0 Å². The van der Waals surface area contributed by atoms with Crippen LogP contribution < -0.4 is 5.32 Å². The van der Waals surface area contributed by atoms with Crippen LogP contribution in [0.25, 0.3) is 0 Å². The van der Waals surface area contributed by atoms with Crippen molar-refractivity contribution in [1.29, 1.82) is 0 Å². The topological polar surface area (TPSA) is 44.7 Å². The van der Waals surface area contributed by atoms with E-state index in [1.165, 1.54) is 5.01 Å². The predicted octanol–water partition coefficient (Wildman–Crippen LogP) is 1.58. The SMILES string of the molecule is CC1=NN(C(=O)NC(C)(C)C)CC1. The molecule has 0 aromatic rings. The number of carbonyl (C=O) groups is 1. The van der Waals surface area contributed by atoms with Crippen LogP contribution in [0.1, 0.15) is 34.1 Å². The Kier molecular flexibility index (Phi) is 2.59. The third kappa shape index (κ3) is 3.05. The second kappa shape index (κ2) is 3.36. The van der Waals surface area contributed by atoms with Crippen molar-refractivity contribution in [3.8, 4) is 0 Å². The Morgan fingerprint density at radius 1 is 1.54 bits per heavy atom. The first kappa shape index (κ1) is 10.0. The second-order valence-electron chi connectivity index (χ2n) is 4.39. The van der Waals surface area contributed by atoms with E-state index in [4.69, 9.17) is 0 Å². The molecule has 0 bridgehead atoms. The number of amides is 2. The monoisotopic (exact) mass is 183 g/mol. The van der Waals surface area contributed by atoms with Crippen molar-refractivity contribution in [2.75, 3.05) is 6.54 Å². The van der Waals surface area contributed by atoms with E-state index in [0.29, 0.717) is 6.54 Å². The Morgan fingerprint density at radius 2 is 2.15 bits per heavy atom. The number of rotatable bonds is 0. The van der Waals surface area contributed by atoms with E-state index in [1.807, 2.05) is 27.7 Å². The second-order valence-corrected chi connectivity index (χ2v) is 4.39. The Morgan fingerprint density at radius 3 is 2.54 bits per heavy atom. The lowest BCUT2D eigenvalue weighted by atomic mass is 10.1. The van der Waals surface area contributed by atoms with Gasteiger partial charge in [-0.3, -0.25) is 0 Å². The molecule has 1 rings (SSSR count). The summed E-state index contributed by atoms with van der Waals surface area (Å²) in [5, 5.41) is 8.46. The van der Waals surface area contributed by atoms with Gasteiger partial charge in [0.05, 0.1) is 6.54 Å². The Hall–Kier alpha value is -1.06. The third-order valence-electron chi connectivity index (χ3n) is 1.69. The molecule has 1 aliphatic rings. The lowest BCUT2D eigenvalue weighted by molar-refractivity contribution is 0.196. The minimum Gasteiger partial charge on any atom is -0.332 e. The summed E-state index contributed by atoms with van der Waals surface area (Å²) in [7, 11) is 0. The van der Waals surface area contributed by atoms with Crippen LogP contribution in [0.3, 0.4) is 0 Å². The van der Waals surface area contributed by atoms with Gasteiger partial charge in [0.25, 0.3) is 0 Å². The lowest BCUT2D eigenvalue weighted by Crippen LogP contribution is -2.46. The highest BCUT2D eigenvalue weighted by molar-refractivity contribution is 5.87. The van der Waals surface area contributed by atoms with Gasteiger partial charge in [-0.25, -0.2) is 9.80 Å². The molecule has 1 heterocycles. The van der Waals surface area contributed by atoms with Crippen LogP contribution in [0.4, 0.5) is 4.79 Å². The molecule has 2 amide bonds. The van der Waals surface area contributed by atoms with E-state index in [9.17, 15) is 4.79 Å². The molecule has 0 radical (unpaired) electrons. The minimum absolute atomic E-state index is 0.107. The molecule has 1 N–H and O–H groups in total. The lowest BCUT2D eigenvalue weighted by Gasteiger charge is -2.23. The summed E-state index contributed by atoms with van der Waals surface area (Å²) in [4.78, 5) is 11.5. The van der Waals surface area contributed by atoms with Gasteiger partial charge in [-0.1, -0.05) is 0 Å². The van der Waals surface area contributed by atoms with E-state index in [-0.39, 0.29) is 11.6 Å². The van der Waals surface area contributed by atoms with Crippen LogP contribution in [-0.4, -0.2) is 28.8 Å². The normalized spacial score (nSPS) is 17.2. The fourth-order valence-electron chi connectivity index (χ4n) is 1.11. The highest BCUT2D eigenvalue weighted by Gasteiger charge is 2.22. The zero-order chi connectivity index (χ0) is 10.1. The number of hydrazone groups is 1. The zero-order valence-electron chi connectivity index (χ0n) is 8.72. The highest BCUT2D eigenvalue weighted by Crippen LogP contribution is 2.07. The molecule has 4 nitrogen and oxygen atoms in total. The highest BCUT2D eigenvalue weighted by atomic mass is 16.2. The summed E-state index contributed by atoms with van der Waals surface area (Å²) in [5.74, 6) is 0. The Labute approximate surface area is 79.0 Å². The molecule has 0 unspecified atom stereocenters. The maximum Gasteiger partial charge on any atom is 0.338 e. The molecule has 1 aliphatic heterocycles. The number of hydrogen-bond acceptors (Lipinski definition) is 2. The van der Waals surface area contributed by atoms with Crippen molar-refractivity contribution in [2.45, 2.75) is 39.7 Å². The number of carbonyl (C=O) groups excluding carboxylic acids is 1. The van der Waals surface area contributed by atoms with E-state index in [0.717, 1.165) is 12.1 Å². The molecule has 0 aromatic carbocycles. The van der Waals surface area contributed by atoms with Gasteiger partial charge in [0.2, 0.25) is 0 Å². The summed E-state index contributed by atoms with van der Waals surface area (Å²) in [6.07, 6.45) is 0.886. The molecule has 4 heteroatoms. The largest absolute Gasteiger partial charge is 0.338 e. The van der Waals surface area contributed by atoms with E-state index in [1.54, 1.807) is 0 Å². The quantitative estimate of drug-likeness (QED) is 0.608. The molecular weight excluding hydrogens is 166 g/mol. The van der Waals surface area contributed by atoms with Gasteiger partial charge in [-0.15, -0.1) is 0 Å². The smallest absolute Gasteiger partial charge is 0.332 e. The van der Waals surface area contributed by atoms with Crippen molar-refractivity contribution in [3.05, 3.63) is 0 Å². The molecular formula is C9H17N3O. The molecule has 0 aliphatic carbocycles. The first-order chi connectivity index (χ1) is 5.88. The number of urea groups is 1. The first-order valence-corrected chi connectivity index (χ1v) is 4.52. The molecule has 74 valence electrons. The summed E-state index contributed by atoms with van der Waals surface area (Å²) in [6.45, 7) is 8.50. The van der Waals surface area contributed by atoms with Gasteiger partial charge in [0.15, 0.2) is 0 Å². The van der Waals surface area contributed by atoms with Crippen molar-refractivity contribution in [2.24, 2.45) is 5.10 Å². The number of nitrogens with one attached hydrogen (secondary N) is 1. The van der Waals surface area contributed by atoms with E-state index < -0.39 is 0 Å². The number of hydrogen-bond donors (Lipinski definition) is 1. The molecule has 0 saturated heterocycles. The maximum atomic E-state index is 11.5. The summed E-state index contributed by atoms with van der Waals surface area (Å²) < 4.78 is 0. The van der Waals surface area contributed by atoms with Gasteiger partial charge >= 0.3 is 6.03 Å². The molecule has 0 atom stereocenters. The summed E-state index contributed by atoms with van der Waals surface area (Å²) >= 11 is 0. The molecule has 0 aromatic heterocycles.